The molecule has 2 aliphatic carbocycles. The van der Waals surface area contributed by atoms with Gasteiger partial charge in [-0.1, -0.05) is 18.6 Å². The summed E-state index contributed by atoms with van der Waals surface area (Å²) in [6.07, 6.45) is 5.04. The van der Waals surface area contributed by atoms with E-state index in [2.05, 4.69) is 10.8 Å². The van der Waals surface area contributed by atoms with Gasteiger partial charge < -0.3 is 14.2 Å². The lowest BCUT2D eigenvalue weighted by Gasteiger charge is -2.21. The highest BCUT2D eigenvalue weighted by Crippen LogP contribution is 2.41. The Morgan fingerprint density at radius 2 is 1.80 bits per heavy atom. The van der Waals surface area contributed by atoms with E-state index in [4.69, 9.17) is 9.47 Å². The van der Waals surface area contributed by atoms with Crippen LogP contribution < -0.4 is 14.2 Å². The number of hydrogen-bond acceptors (Lipinski definition) is 3. The van der Waals surface area contributed by atoms with Crippen molar-refractivity contribution in [2.45, 2.75) is 45.4 Å². The summed E-state index contributed by atoms with van der Waals surface area (Å²) in [4.78, 5) is 0. The summed E-state index contributed by atoms with van der Waals surface area (Å²) in [6, 6.07) is 3.12. The van der Waals surface area contributed by atoms with Crippen molar-refractivity contribution >= 4 is 0 Å². The van der Waals surface area contributed by atoms with Crippen molar-refractivity contribution in [3.63, 3.8) is 0 Å². The van der Waals surface area contributed by atoms with Gasteiger partial charge in [0.05, 0.1) is 6.61 Å². The Labute approximate surface area is 145 Å². The van der Waals surface area contributed by atoms with Crippen LogP contribution in [0.5, 0.6) is 17.2 Å². The first-order chi connectivity index (χ1) is 11.9. The molecule has 2 aliphatic rings. The maximum absolute atomic E-state index is 12.8. The molecule has 0 bridgehead atoms. The predicted molar refractivity (Wildman–Crippen MR) is 88.1 cm³/mol. The van der Waals surface area contributed by atoms with E-state index >= 15 is 0 Å². The average molecular weight is 356 g/mol. The second kappa shape index (κ2) is 7.58. The molecular formula is C19H23F3O3. The zero-order valence-electron chi connectivity index (χ0n) is 14.3. The Morgan fingerprint density at radius 3 is 2.40 bits per heavy atom. The molecule has 2 fully saturated rings. The minimum absolute atomic E-state index is 0.110. The van der Waals surface area contributed by atoms with E-state index in [1.165, 1.54) is 25.3 Å². The lowest BCUT2D eigenvalue weighted by molar-refractivity contribution is -0.275. The molecule has 25 heavy (non-hydrogen) atoms. The predicted octanol–water partition coefficient (Wildman–Crippen LogP) is 5.42. The Hall–Kier alpha value is -1.85. The van der Waals surface area contributed by atoms with E-state index in [-0.39, 0.29) is 11.5 Å². The Balaban J connectivity index is 1.68. The highest BCUT2D eigenvalue weighted by molar-refractivity contribution is 5.53. The second-order valence-electron chi connectivity index (χ2n) is 6.75. The zero-order valence-corrected chi connectivity index (χ0v) is 14.3. The molecular weight excluding hydrogens is 333 g/mol. The summed E-state index contributed by atoms with van der Waals surface area (Å²) in [6.45, 7) is 2.29. The zero-order chi connectivity index (χ0) is 17.9. The molecule has 138 valence electrons. The number of hydrogen-bond donors (Lipinski definition) is 0. The minimum Gasteiger partial charge on any atom is -0.489 e. The molecule has 0 aliphatic heterocycles. The third-order valence-electron chi connectivity index (χ3n) is 4.60. The average Bonchev–Trinajstić information content (AvgIpc) is 3.30. The fourth-order valence-electron chi connectivity index (χ4n) is 2.67. The van der Waals surface area contributed by atoms with Gasteiger partial charge in [0.1, 0.15) is 12.4 Å². The third-order valence-corrected chi connectivity index (χ3v) is 4.60. The van der Waals surface area contributed by atoms with E-state index in [0.717, 1.165) is 12.8 Å². The van der Waals surface area contributed by atoms with Crippen LogP contribution in [-0.4, -0.2) is 19.6 Å². The molecule has 0 atom stereocenters. The van der Waals surface area contributed by atoms with Crippen molar-refractivity contribution < 1.29 is 27.4 Å². The molecule has 3 nitrogen and oxygen atoms in total. The molecule has 0 saturated heterocycles. The van der Waals surface area contributed by atoms with Crippen LogP contribution in [-0.2, 0) is 0 Å². The van der Waals surface area contributed by atoms with E-state index in [1.54, 1.807) is 13.0 Å². The molecule has 0 unspecified atom stereocenters. The van der Waals surface area contributed by atoms with Crippen LogP contribution in [0.25, 0.3) is 0 Å². The fraction of sp³-hybridized carbons (Fsp3) is 0.579. The van der Waals surface area contributed by atoms with Gasteiger partial charge in [-0.3, -0.25) is 0 Å². The van der Waals surface area contributed by atoms with Crippen molar-refractivity contribution in [2.24, 2.45) is 11.8 Å². The van der Waals surface area contributed by atoms with Gasteiger partial charge in [-0.05, 0) is 56.6 Å². The van der Waals surface area contributed by atoms with Crippen LogP contribution in [0.1, 0.15) is 37.7 Å². The normalized spacial score (nSPS) is 18.2. The van der Waals surface area contributed by atoms with Crippen molar-refractivity contribution in [1.29, 1.82) is 0 Å². The number of benzene rings is 1. The molecule has 0 radical (unpaired) electrons. The molecule has 0 aromatic heterocycles. The summed E-state index contributed by atoms with van der Waals surface area (Å²) in [5.74, 6) is 1.22. The smallest absolute Gasteiger partial charge is 0.489 e. The first kappa shape index (κ1) is 18.0. The van der Waals surface area contributed by atoms with Gasteiger partial charge in [0.25, 0.3) is 0 Å². The first-order valence-electron chi connectivity index (χ1n) is 8.74. The van der Waals surface area contributed by atoms with Crippen molar-refractivity contribution in [3.05, 3.63) is 29.8 Å². The summed E-state index contributed by atoms with van der Waals surface area (Å²) in [5.41, 5.74) is 0.294. The van der Waals surface area contributed by atoms with Crippen LogP contribution in [0, 0.1) is 18.8 Å². The molecule has 0 amide bonds. The van der Waals surface area contributed by atoms with E-state index in [9.17, 15) is 13.2 Å². The molecule has 0 heterocycles. The Kier molecular flexibility index (Phi) is 5.45. The Bertz CT molecular complexity index is 617. The molecule has 1 aromatic rings. The number of halogens is 3. The quantitative estimate of drug-likeness (QED) is 0.582. The lowest BCUT2D eigenvalue weighted by Crippen LogP contribution is -2.19. The number of ether oxygens (including phenoxy) is 3. The highest BCUT2D eigenvalue weighted by Gasteiger charge is 2.34. The van der Waals surface area contributed by atoms with Gasteiger partial charge in [0.15, 0.2) is 11.5 Å². The monoisotopic (exact) mass is 356 g/mol. The summed E-state index contributed by atoms with van der Waals surface area (Å²) in [7, 11) is 0. The lowest BCUT2D eigenvalue weighted by atomic mass is 9.85. The van der Waals surface area contributed by atoms with Crippen LogP contribution in [0.15, 0.2) is 24.3 Å². The molecule has 0 spiro atoms. The van der Waals surface area contributed by atoms with Crippen molar-refractivity contribution in [1.82, 2.24) is 0 Å². The van der Waals surface area contributed by atoms with Crippen molar-refractivity contribution in [3.8, 4) is 17.2 Å². The van der Waals surface area contributed by atoms with E-state index in [0.29, 0.717) is 36.4 Å². The molecule has 1 aromatic carbocycles. The minimum atomic E-state index is -4.77. The van der Waals surface area contributed by atoms with Gasteiger partial charge in [-0.2, -0.15) is 0 Å². The first-order valence-corrected chi connectivity index (χ1v) is 8.74. The number of alkyl halides is 3. The summed E-state index contributed by atoms with van der Waals surface area (Å²) < 4.78 is 53.6. The summed E-state index contributed by atoms with van der Waals surface area (Å²) in [5, 5.41) is 0. The topological polar surface area (TPSA) is 27.7 Å². The van der Waals surface area contributed by atoms with Gasteiger partial charge in [-0.15, -0.1) is 13.2 Å². The second-order valence-corrected chi connectivity index (χ2v) is 6.75. The molecule has 2 saturated carbocycles. The highest BCUT2D eigenvalue weighted by atomic mass is 19.4. The van der Waals surface area contributed by atoms with Crippen LogP contribution in [0.2, 0.25) is 0 Å². The summed E-state index contributed by atoms with van der Waals surface area (Å²) >= 11 is 0. The van der Waals surface area contributed by atoms with E-state index in [1.807, 2.05) is 6.08 Å². The van der Waals surface area contributed by atoms with Crippen LogP contribution >= 0.6 is 0 Å². The number of allylic oxidation sites excluding steroid dienone is 1. The van der Waals surface area contributed by atoms with E-state index < -0.39 is 6.36 Å². The molecule has 6 heteroatoms. The molecule has 3 rings (SSSR count). The number of rotatable bonds is 8. The van der Waals surface area contributed by atoms with Gasteiger partial charge in [0, 0.05) is 5.56 Å². The largest absolute Gasteiger partial charge is 0.573 e. The Morgan fingerprint density at radius 1 is 1.08 bits per heavy atom. The maximum Gasteiger partial charge on any atom is 0.573 e. The van der Waals surface area contributed by atoms with Gasteiger partial charge >= 0.3 is 6.36 Å². The standard InChI is InChI=1S/C19H23F3O3/c1-13-16(23-11-3-6-14-4-2-5-14)9-10-17(24-12-15-7-8-15)18(13)25-19(20,21)22/h3,6,9-10,14-15H,2,4-5,7-8,11-12H2,1H3/b6-3+. The van der Waals surface area contributed by atoms with Crippen molar-refractivity contribution in [2.75, 3.05) is 13.2 Å². The van der Waals surface area contributed by atoms with Gasteiger partial charge in [-0.25, -0.2) is 0 Å². The third kappa shape index (κ3) is 5.31. The van der Waals surface area contributed by atoms with Gasteiger partial charge in [0.2, 0.25) is 0 Å². The SMILES string of the molecule is Cc1c(OC/C=C/C2CCC2)ccc(OCC2CC2)c1OC(F)(F)F. The fourth-order valence-corrected chi connectivity index (χ4v) is 2.67. The maximum atomic E-state index is 12.8. The molecule has 0 N–H and O–H groups in total. The van der Waals surface area contributed by atoms with Crippen LogP contribution in [0.3, 0.4) is 0 Å². The van der Waals surface area contributed by atoms with Crippen LogP contribution in [0.4, 0.5) is 13.2 Å².